The fraction of sp³-hybridized carbons (Fsp3) is 0.333. The Morgan fingerprint density at radius 3 is 2.74 bits per heavy atom. The first-order chi connectivity index (χ1) is 13.0. The third-order valence-electron chi connectivity index (χ3n) is 5.44. The van der Waals surface area contributed by atoms with Crippen LogP contribution in [-0.4, -0.2) is 15.3 Å². The van der Waals surface area contributed by atoms with Gasteiger partial charge in [-0.3, -0.25) is 14.3 Å². The highest BCUT2D eigenvalue weighted by molar-refractivity contribution is 7.10. The summed E-state index contributed by atoms with van der Waals surface area (Å²) in [6.45, 7) is 4.10. The first-order valence-electron chi connectivity index (χ1n) is 9.22. The normalized spacial score (nSPS) is 16.2. The Balaban J connectivity index is 1.68. The molecule has 6 heteroatoms. The zero-order valence-electron chi connectivity index (χ0n) is 15.8. The number of anilines is 1. The SMILES string of the molecule is Cc1c(NC(=O)c2csc3c2CC[C@H](C)C3)c(=O)n(-c2ccccc2)n1C. The number of aromatic nitrogens is 2. The zero-order chi connectivity index (χ0) is 19.1. The number of nitrogens with one attached hydrogen (secondary N) is 1. The number of para-hydroxylation sites is 1. The third-order valence-corrected chi connectivity index (χ3v) is 6.49. The van der Waals surface area contributed by atoms with Gasteiger partial charge in [0.2, 0.25) is 0 Å². The van der Waals surface area contributed by atoms with Gasteiger partial charge in [0, 0.05) is 17.3 Å². The number of rotatable bonds is 3. The van der Waals surface area contributed by atoms with Gasteiger partial charge in [-0.05, 0) is 49.8 Å². The summed E-state index contributed by atoms with van der Waals surface area (Å²) in [4.78, 5) is 27.2. The summed E-state index contributed by atoms with van der Waals surface area (Å²) < 4.78 is 3.35. The summed E-state index contributed by atoms with van der Waals surface area (Å²) in [7, 11) is 1.83. The molecule has 1 N–H and O–H groups in total. The van der Waals surface area contributed by atoms with Crippen LogP contribution in [0.25, 0.3) is 5.69 Å². The summed E-state index contributed by atoms with van der Waals surface area (Å²) in [6.07, 6.45) is 3.08. The first-order valence-corrected chi connectivity index (χ1v) is 10.1. The Morgan fingerprint density at radius 2 is 2.00 bits per heavy atom. The molecule has 0 bridgehead atoms. The van der Waals surface area contributed by atoms with Crippen molar-refractivity contribution in [1.82, 2.24) is 9.36 Å². The van der Waals surface area contributed by atoms with E-state index < -0.39 is 0 Å². The molecule has 2 aromatic heterocycles. The molecule has 5 nitrogen and oxygen atoms in total. The molecule has 0 fully saturated rings. The summed E-state index contributed by atoms with van der Waals surface area (Å²) >= 11 is 1.66. The Morgan fingerprint density at radius 1 is 1.26 bits per heavy atom. The molecule has 3 aromatic rings. The predicted octanol–water partition coefficient (Wildman–Crippen LogP) is 3.92. The van der Waals surface area contributed by atoms with E-state index in [0.717, 1.165) is 41.8 Å². The minimum Gasteiger partial charge on any atom is -0.316 e. The molecule has 4 rings (SSSR count). The summed E-state index contributed by atoms with van der Waals surface area (Å²) in [5, 5.41) is 4.82. The van der Waals surface area contributed by atoms with Gasteiger partial charge in [-0.25, -0.2) is 4.68 Å². The molecular formula is C21H23N3O2S. The molecule has 1 atom stereocenters. The van der Waals surface area contributed by atoms with Crippen LogP contribution in [0.3, 0.4) is 0 Å². The van der Waals surface area contributed by atoms with E-state index >= 15 is 0 Å². The van der Waals surface area contributed by atoms with Crippen LogP contribution in [0, 0.1) is 12.8 Å². The molecule has 1 aliphatic carbocycles. The molecule has 0 aliphatic heterocycles. The second kappa shape index (κ2) is 6.85. The lowest BCUT2D eigenvalue weighted by Gasteiger charge is -2.18. The first kappa shape index (κ1) is 17.8. The average Bonchev–Trinajstić information content (AvgIpc) is 3.17. The van der Waals surface area contributed by atoms with E-state index in [-0.39, 0.29) is 11.5 Å². The number of amides is 1. The number of benzene rings is 1. The third kappa shape index (κ3) is 3.04. The van der Waals surface area contributed by atoms with Gasteiger partial charge >= 0.3 is 0 Å². The molecular weight excluding hydrogens is 358 g/mol. The van der Waals surface area contributed by atoms with Crippen molar-refractivity contribution in [2.24, 2.45) is 13.0 Å². The van der Waals surface area contributed by atoms with Crippen LogP contribution < -0.4 is 10.9 Å². The highest BCUT2D eigenvalue weighted by atomic mass is 32.1. The predicted molar refractivity (Wildman–Crippen MR) is 109 cm³/mol. The van der Waals surface area contributed by atoms with E-state index in [9.17, 15) is 9.59 Å². The van der Waals surface area contributed by atoms with Crippen molar-refractivity contribution in [3.8, 4) is 5.69 Å². The van der Waals surface area contributed by atoms with Crippen LogP contribution in [0.4, 0.5) is 5.69 Å². The maximum Gasteiger partial charge on any atom is 0.295 e. The quantitative estimate of drug-likeness (QED) is 0.747. The number of fused-ring (bicyclic) bond motifs is 1. The van der Waals surface area contributed by atoms with Crippen LogP contribution in [-0.2, 0) is 19.9 Å². The monoisotopic (exact) mass is 381 g/mol. The van der Waals surface area contributed by atoms with Crippen molar-refractivity contribution in [3.63, 3.8) is 0 Å². The lowest BCUT2D eigenvalue weighted by Crippen LogP contribution is -2.23. The minimum absolute atomic E-state index is 0.187. The maximum atomic E-state index is 13.0. The molecule has 27 heavy (non-hydrogen) atoms. The fourth-order valence-electron chi connectivity index (χ4n) is 3.76. The molecule has 0 unspecified atom stereocenters. The van der Waals surface area contributed by atoms with Gasteiger partial charge in [0.05, 0.1) is 16.9 Å². The standard InChI is InChI=1S/C21H23N3O2S/c1-13-9-10-16-17(12-27-18(16)11-13)20(25)22-19-14(2)23(3)24(21(19)26)15-7-5-4-6-8-15/h4-8,12-13H,9-11H2,1-3H3,(H,22,25)/t13-/m0/s1. The molecule has 140 valence electrons. The van der Waals surface area contributed by atoms with E-state index in [2.05, 4.69) is 12.2 Å². The van der Waals surface area contributed by atoms with Crippen molar-refractivity contribution in [1.29, 1.82) is 0 Å². The van der Waals surface area contributed by atoms with Crippen LogP contribution in [0.15, 0.2) is 40.5 Å². The lowest BCUT2D eigenvalue weighted by atomic mass is 9.88. The van der Waals surface area contributed by atoms with E-state index in [1.807, 2.05) is 49.7 Å². The number of thiophene rings is 1. The number of carbonyl (C=O) groups is 1. The van der Waals surface area contributed by atoms with Crippen molar-refractivity contribution in [2.75, 3.05) is 5.32 Å². The zero-order valence-corrected chi connectivity index (χ0v) is 16.6. The summed E-state index contributed by atoms with van der Waals surface area (Å²) in [5.74, 6) is 0.481. The second-order valence-electron chi connectivity index (χ2n) is 7.29. The van der Waals surface area contributed by atoms with Crippen molar-refractivity contribution >= 4 is 22.9 Å². The largest absolute Gasteiger partial charge is 0.316 e. The van der Waals surface area contributed by atoms with Gasteiger partial charge in [0.1, 0.15) is 5.69 Å². The molecule has 0 saturated carbocycles. The molecule has 2 heterocycles. The van der Waals surface area contributed by atoms with Crippen LogP contribution in [0.5, 0.6) is 0 Å². The van der Waals surface area contributed by atoms with Gasteiger partial charge in [-0.1, -0.05) is 25.1 Å². The Labute approximate surface area is 162 Å². The lowest BCUT2D eigenvalue weighted by molar-refractivity contribution is 0.102. The topological polar surface area (TPSA) is 56.0 Å². The number of hydrogen-bond donors (Lipinski definition) is 1. The molecule has 0 spiro atoms. The smallest absolute Gasteiger partial charge is 0.295 e. The Kier molecular flexibility index (Phi) is 4.52. The van der Waals surface area contributed by atoms with Gasteiger partial charge in [-0.15, -0.1) is 11.3 Å². The highest BCUT2D eigenvalue weighted by Gasteiger charge is 2.25. The number of nitrogens with zero attached hydrogens (tertiary/aromatic N) is 2. The number of carbonyl (C=O) groups excluding carboxylic acids is 1. The fourth-order valence-corrected chi connectivity index (χ4v) is 5.01. The molecule has 1 aromatic carbocycles. The molecule has 1 amide bonds. The van der Waals surface area contributed by atoms with Crippen LogP contribution in [0.2, 0.25) is 0 Å². The van der Waals surface area contributed by atoms with Gasteiger partial charge in [0.25, 0.3) is 11.5 Å². The van der Waals surface area contributed by atoms with Crippen molar-refractivity contribution in [2.45, 2.75) is 33.1 Å². The molecule has 0 radical (unpaired) electrons. The minimum atomic E-state index is -0.215. The van der Waals surface area contributed by atoms with E-state index in [4.69, 9.17) is 0 Å². The summed E-state index contributed by atoms with van der Waals surface area (Å²) in [6, 6.07) is 9.45. The van der Waals surface area contributed by atoms with Crippen molar-refractivity contribution in [3.05, 3.63) is 67.8 Å². The Hall–Kier alpha value is -2.60. The van der Waals surface area contributed by atoms with E-state index in [0.29, 0.717) is 11.6 Å². The molecule has 0 saturated heterocycles. The average molecular weight is 382 g/mol. The van der Waals surface area contributed by atoms with Gasteiger partial charge in [0.15, 0.2) is 0 Å². The van der Waals surface area contributed by atoms with Gasteiger partial charge in [-0.2, -0.15) is 0 Å². The number of hydrogen-bond acceptors (Lipinski definition) is 3. The van der Waals surface area contributed by atoms with E-state index in [1.54, 1.807) is 20.7 Å². The van der Waals surface area contributed by atoms with Crippen LogP contribution >= 0.6 is 11.3 Å². The van der Waals surface area contributed by atoms with Crippen LogP contribution in [0.1, 0.15) is 39.8 Å². The highest BCUT2D eigenvalue weighted by Crippen LogP contribution is 2.33. The summed E-state index contributed by atoms with van der Waals surface area (Å²) in [5.41, 5.74) is 3.51. The van der Waals surface area contributed by atoms with Gasteiger partial charge < -0.3 is 5.32 Å². The second-order valence-corrected chi connectivity index (χ2v) is 8.25. The Bertz CT molecular complexity index is 1060. The molecule has 1 aliphatic rings. The van der Waals surface area contributed by atoms with Crippen molar-refractivity contribution < 1.29 is 4.79 Å². The van der Waals surface area contributed by atoms with E-state index in [1.165, 1.54) is 4.88 Å². The maximum absolute atomic E-state index is 13.0.